The van der Waals surface area contributed by atoms with Gasteiger partial charge >= 0.3 is 0 Å². The molecule has 0 aliphatic heterocycles. The van der Waals surface area contributed by atoms with Crippen LogP contribution in [-0.2, 0) is 4.79 Å². The molecule has 0 radical (unpaired) electrons. The van der Waals surface area contributed by atoms with E-state index in [9.17, 15) is 4.79 Å². The van der Waals surface area contributed by atoms with E-state index in [-0.39, 0.29) is 12.5 Å². The van der Waals surface area contributed by atoms with Crippen molar-refractivity contribution in [2.45, 2.75) is 20.8 Å². The molecule has 0 heterocycles. The molecule has 0 saturated carbocycles. The molecule has 0 aliphatic carbocycles. The van der Waals surface area contributed by atoms with Gasteiger partial charge in [0, 0.05) is 11.9 Å². The van der Waals surface area contributed by atoms with Gasteiger partial charge in [0.25, 0.3) is 5.91 Å². The number of nitrogens with zero attached hydrogens (tertiary/aromatic N) is 1. The first kappa shape index (κ1) is 24.6. The van der Waals surface area contributed by atoms with E-state index < -0.39 is 0 Å². The van der Waals surface area contributed by atoms with Crippen LogP contribution in [0.3, 0.4) is 0 Å². The zero-order valence-electron chi connectivity index (χ0n) is 18.9. The minimum absolute atomic E-state index is 0.121. The van der Waals surface area contributed by atoms with Gasteiger partial charge in [0.1, 0.15) is 5.75 Å². The van der Waals surface area contributed by atoms with Crippen molar-refractivity contribution in [3.8, 4) is 17.2 Å². The quantitative estimate of drug-likeness (QED) is 0.239. The van der Waals surface area contributed by atoms with Crippen LogP contribution in [0.2, 0.25) is 0 Å². The smallest absolute Gasteiger partial charge is 0.262 e. The molecule has 3 aromatic carbocycles. The second-order valence-electron chi connectivity index (χ2n) is 7.15. The maximum Gasteiger partial charge on any atom is 0.262 e. The number of aliphatic imine (C=N–C) groups is 1. The maximum atomic E-state index is 12.4. The highest BCUT2D eigenvalue weighted by Gasteiger charge is 2.14. The molecule has 172 valence electrons. The summed E-state index contributed by atoms with van der Waals surface area (Å²) < 4.78 is 17.9. The SMILES string of the molecule is CCOc1ccc(N=Cc2cc(I)c(OCC(=O)Nc3cccc(C)c3)c(OCC)c2)cc1. The molecule has 3 aromatic rings. The van der Waals surface area contributed by atoms with Gasteiger partial charge in [-0.2, -0.15) is 0 Å². The van der Waals surface area contributed by atoms with Gasteiger partial charge in [0.05, 0.1) is 22.5 Å². The van der Waals surface area contributed by atoms with E-state index in [1.807, 2.05) is 81.4 Å². The number of ether oxygens (including phenoxy) is 3. The molecule has 0 fully saturated rings. The predicted molar refractivity (Wildman–Crippen MR) is 140 cm³/mol. The summed E-state index contributed by atoms with van der Waals surface area (Å²) >= 11 is 2.18. The minimum atomic E-state index is -0.236. The van der Waals surface area contributed by atoms with Crippen LogP contribution in [0.1, 0.15) is 25.0 Å². The molecule has 7 heteroatoms. The third-order valence-electron chi connectivity index (χ3n) is 4.49. The van der Waals surface area contributed by atoms with Gasteiger partial charge in [-0.1, -0.05) is 12.1 Å². The lowest BCUT2D eigenvalue weighted by atomic mass is 10.2. The Labute approximate surface area is 208 Å². The normalized spacial score (nSPS) is 10.8. The van der Waals surface area contributed by atoms with Crippen LogP contribution < -0.4 is 19.5 Å². The van der Waals surface area contributed by atoms with E-state index in [0.717, 1.165) is 31.8 Å². The highest BCUT2D eigenvalue weighted by Crippen LogP contribution is 2.34. The number of carbonyl (C=O) groups is 1. The number of carbonyl (C=O) groups excluding carboxylic acids is 1. The predicted octanol–water partition coefficient (Wildman–Crippen LogP) is 6.17. The van der Waals surface area contributed by atoms with E-state index in [4.69, 9.17) is 14.2 Å². The Hall–Kier alpha value is -3.07. The first-order valence-electron chi connectivity index (χ1n) is 10.7. The maximum absolute atomic E-state index is 12.4. The summed E-state index contributed by atoms with van der Waals surface area (Å²) in [5, 5.41) is 2.85. The largest absolute Gasteiger partial charge is 0.494 e. The molecule has 0 aromatic heterocycles. The fourth-order valence-electron chi connectivity index (χ4n) is 3.07. The molecular weight excluding hydrogens is 531 g/mol. The lowest BCUT2D eigenvalue weighted by Crippen LogP contribution is -2.20. The van der Waals surface area contributed by atoms with E-state index in [1.165, 1.54) is 0 Å². The van der Waals surface area contributed by atoms with E-state index in [1.54, 1.807) is 6.21 Å². The number of amides is 1. The van der Waals surface area contributed by atoms with Crippen LogP contribution in [0.4, 0.5) is 11.4 Å². The molecule has 0 unspecified atom stereocenters. The molecule has 33 heavy (non-hydrogen) atoms. The molecule has 0 atom stereocenters. The zero-order chi connectivity index (χ0) is 23.6. The summed E-state index contributed by atoms with van der Waals surface area (Å²) in [6, 6.07) is 19.0. The fourth-order valence-corrected chi connectivity index (χ4v) is 3.85. The Morgan fingerprint density at radius 3 is 2.45 bits per heavy atom. The zero-order valence-corrected chi connectivity index (χ0v) is 21.1. The van der Waals surface area contributed by atoms with E-state index in [0.29, 0.717) is 24.7 Å². The van der Waals surface area contributed by atoms with Crippen molar-refractivity contribution in [3.05, 3.63) is 75.4 Å². The van der Waals surface area contributed by atoms with Gasteiger partial charge in [-0.05, 0) is 103 Å². The second kappa shape index (κ2) is 12.2. The van der Waals surface area contributed by atoms with E-state index in [2.05, 4.69) is 32.9 Å². The molecule has 0 aliphatic rings. The third-order valence-corrected chi connectivity index (χ3v) is 5.29. The fraction of sp³-hybridized carbons (Fsp3) is 0.231. The summed E-state index contributed by atoms with van der Waals surface area (Å²) in [4.78, 5) is 16.9. The van der Waals surface area contributed by atoms with Gasteiger partial charge < -0.3 is 19.5 Å². The van der Waals surface area contributed by atoms with Crippen LogP contribution in [0.25, 0.3) is 0 Å². The number of benzene rings is 3. The Bertz CT molecular complexity index is 1110. The van der Waals surface area contributed by atoms with Crippen LogP contribution in [0.5, 0.6) is 17.2 Å². The van der Waals surface area contributed by atoms with Gasteiger partial charge in [0.2, 0.25) is 0 Å². The molecule has 1 amide bonds. The van der Waals surface area contributed by atoms with Gasteiger partial charge in [-0.3, -0.25) is 9.79 Å². The van der Waals surface area contributed by atoms with Crippen molar-refractivity contribution >= 4 is 46.1 Å². The second-order valence-corrected chi connectivity index (χ2v) is 8.32. The minimum Gasteiger partial charge on any atom is -0.494 e. The number of anilines is 1. The molecule has 0 bridgehead atoms. The average molecular weight is 558 g/mol. The topological polar surface area (TPSA) is 69.2 Å². The molecule has 0 spiro atoms. The van der Waals surface area contributed by atoms with Crippen molar-refractivity contribution in [2.24, 2.45) is 4.99 Å². The first-order valence-corrected chi connectivity index (χ1v) is 11.8. The van der Waals surface area contributed by atoms with E-state index >= 15 is 0 Å². The Morgan fingerprint density at radius 1 is 1.00 bits per heavy atom. The molecule has 6 nitrogen and oxygen atoms in total. The Balaban J connectivity index is 1.70. The highest BCUT2D eigenvalue weighted by molar-refractivity contribution is 14.1. The van der Waals surface area contributed by atoms with Crippen molar-refractivity contribution in [1.82, 2.24) is 0 Å². The summed E-state index contributed by atoms with van der Waals surface area (Å²) in [5.74, 6) is 1.69. The first-order chi connectivity index (χ1) is 16.0. The number of hydrogen-bond donors (Lipinski definition) is 1. The average Bonchev–Trinajstić information content (AvgIpc) is 2.78. The monoisotopic (exact) mass is 558 g/mol. The standard InChI is InChI=1S/C26H27IN2O4/c1-4-31-22-11-9-20(10-12-22)28-16-19-14-23(27)26(24(15-19)32-5-2)33-17-25(30)29-21-8-6-7-18(3)13-21/h6-16H,4-5,17H2,1-3H3,(H,29,30). The highest BCUT2D eigenvalue weighted by atomic mass is 127. The molecular formula is C26H27IN2O4. The number of hydrogen-bond acceptors (Lipinski definition) is 5. The van der Waals surface area contributed by atoms with Crippen LogP contribution in [-0.4, -0.2) is 31.9 Å². The number of rotatable bonds is 10. The van der Waals surface area contributed by atoms with Gasteiger partial charge in [-0.15, -0.1) is 0 Å². The lowest BCUT2D eigenvalue weighted by Gasteiger charge is -2.14. The van der Waals surface area contributed by atoms with Crippen LogP contribution in [0, 0.1) is 10.5 Å². The third kappa shape index (κ3) is 7.49. The van der Waals surface area contributed by atoms with Crippen molar-refractivity contribution in [2.75, 3.05) is 25.1 Å². The van der Waals surface area contributed by atoms with Crippen LogP contribution >= 0.6 is 22.6 Å². The van der Waals surface area contributed by atoms with Gasteiger partial charge in [0.15, 0.2) is 18.1 Å². The molecule has 1 N–H and O–H groups in total. The molecule has 0 saturated heterocycles. The van der Waals surface area contributed by atoms with Gasteiger partial charge in [-0.25, -0.2) is 0 Å². The van der Waals surface area contributed by atoms with Crippen molar-refractivity contribution in [3.63, 3.8) is 0 Å². The number of halogens is 1. The summed E-state index contributed by atoms with van der Waals surface area (Å²) in [6.07, 6.45) is 1.77. The van der Waals surface area contributed by atoms with Crippen molar-refractivity contribution in [1.29, 1.82) is 0 Å². The number of nitrogens with one attached hydrogen (secondary N) is 1. The van der Waals surface area contributed by atoms with Crippen LogP contribution in [0.15, 0.2) is 65.7 Å². The molecule has 3 rings (SSSR count). The lowest BCUT2D eigenvalue weighted by molar-refractivity contribution is -0.118. The Morgan fingerprint density at radius 2 is 1.76 bits per heavy atom. The summed E-state index contributed by atoms with van der Waals surface area (Å²) in [7, 11) is 0. The Kier molecular flexibility index (Phi) is 9.12. The summed E-state index contributed by atoms with van der Waals surface area (Å²) in [6.45, 7) is 6.81. The van der Waals surface area contributed by atoms with Crippen molar-refractivity contribution < 1.29 is 19.0 Å². The summed E-state index contributed by atoms with van der Waals surface area (Å²) in [5.41, 5.74) is 3.50. The number of aryl methyl sites for hydroxylation is 1.